The van der Waals surface area contributed by atoms with Crippen molar-refractivity contribution in [2.24, 2.45) is 0 Å². The van der Waals surface area contributed by atoms with E-state index in [1.807, 2.05) is 46.8 Å². The molecule has 2 N–H and O–H groups in total. The molecule has 9 heteroatoms. The summed E-state index contributed by atoms with van der Waals surface area (Å²) in [4.78, 5) is 41.9. The Labute approximate surface area is 198 Å². The van der Waals surface area contributed by atoms with E-state index in [0.717, 1.165) is 22.5 Å². The van der Waals surface area contributed by atoms with Gasteiger partial charge in [-0.25, -0.2) is 14.6 Å². The average Bonchev–Trinajstić information content (AvgIpc) is 2.77. The van der Waals surface area contributed by atoms with Crippen LogP contribution in [0.25, 0.3) is 0 Å². The molecule has 0 fully saturated rings. The molecule has 4 rings (SSSR count). The fraction of sp³-hybridized carbons (Fsp3) is 0.320. The number of urea groups is 1. The summed E-state index contributed by atoms with van der Waals surface area (Å²) in [6.45, 7) is 9.88. The molecule has 3 aromatic rings. The third-order valence-corrected chi connectivity index (χ3v) is 5.80. The molecule has 0 saturated carbocycles. The van der Waals surface area contributed by atoms with Crippen LogP contribution in [0.1, 0.15) is 53.5 Å². The van der Waals surface area contributed by atoms with Crippen molar-refractivity contribution in [3.8, 4) is 0 Å². The van der Waals surface area contributed by atoms with E-state index >= 15 is 0 Å². The number of amides is 2. The Morgan fingerprint density at radius 3 is 2.44 bits per heavy atom. The van der Waals surface area contributed by atoms with Gasteiger partial charge in [-0.1, -0.05) is 26.8 Å². The van der Waals surface area contributed by atoms with Crippen LogP contribution in [-0.2, 0) is 12.0 Å². The highest BCUT2D eigenvalue weighted by molar-refractivity contribution is 6.07. The number of nitrogens with one attached hydrogen (secondary N) is 1. The van der Waals surface area contributed by atoms with Crippen molar-refractivity contribution in [2.75, 3.05) is 22.2 Å². The minimum Gasteiger partial charge on any atom is -0.478 e. The number of carboxylic acid groups (broad SMARTS) is 1. The number of anilines is 4. The molecule has 34 heavy (non-hydrogen) atoms. The zero-order chi connectivity index (χ0) is 24.8. The molecule has 0 saturated heterocycles. The fourth-order valence-electron chi connectivity index (χ4n) is 4.20. The summed E-state index contributed by atoms with van der Waals surface area (Å²) in [6, 6.07) is 6.83. The van der Waals surface area contributed by atoms with Gasteiger partial charge in [0.1, 0.15) is 5.82 Å². The van der Waals surface area contributed by atoms with E-state index in [4.69, 9.17) is 0 Å². The summed E-state index contributed by atoms with van der Waals surface area (Å²) in [5.74, 6) is -0.158. The van der Waals surface area contributed by atoms with Crippen LogP contribution >= 0.6 is 0 Å². The summed E-state index contributed by atoms with van der Waals surface area (Å²) in [6.07, 6.45) is 3.39. The van der Waals surface area contributed by atoms with E-state index in [9.17, 15) is 14.7 Å². The molecule has 1 aliphatic rings. The van der Waals surface area contributed by atoms with Gasteiger partial charge >= 0.3 is 12.0 Å². The van der Waals surface area contributed by atoms with Crippen molar-refractivity contribution in [1.29, 1.82) is 0 Å². The Bertz CT molecular complexity index is 1280. The minimum absolute atomic E-state index is 0.192. The van der Waals surface area contributed by atoms with Gasteiger partial charge in [-0.3, -0.25) is 14.8 Å². The van der Waals surface area contributed by atoms with Gasteiger partial charge in [-0.05, 0) is 48.6 Å². The molecule has 0 bridgehead atoms. The lowest BCUT2D eigenvalue weighted by molar-refractivity contribution is 0.0694. The molecule has 176 valence electrons. The third-order valence-electron chi connectivity index (χ3n) is 5.80. The van der Waals surface area contributed by atoms with Crippen LogP contribution in [0.3, 0.4) is 0 Å². The van der Waals surface area contributed by atoms with Crippen LogP contribution < -0.4 is 15.1 Å². The Morgan fingerprint density at radius 2 is 1.82 bits per heavy atom. The number of carboxylic acids is 1. The summed E-state index contributed by atoms with van der Waals surface area (Å²) in [5.41, 5.74) is 4.16. The van der Waals surface area contributed by atoms with Crippen molar-refractivity contribution in [2.45, 2.75) is 46.6 Å². The highest BCUT2D eigenvalue weighted by Crippen LogP contribution is 2.40. The normalized spacial score (nSPS) is 13.6. The van der Waals surface area contributed by atoms with Gasteiger partial charge in [0, 0.05) is 24.5 Å². The number of fused-ring (bicyclic) bond motifs is 1. The molecule has 0 aliphatic carbocycles. The molecule has 0 atom stereocenters. The summed E-state index contributed by atoms with van der Waals surface area (Å²) in [5, 5.41) is 13.0. The monoisotopic (exact) mass is 460 g/mol. The highest BCUT2D eigenvalue weighted by atomic mass is 16.4. The zero-order valence-corrected chi connectivity index (χ0v) is 20.2. The topological polar surface area (TPSA) is 112 Å². The van der Waals surface area contributed by atoms with Gasteiger partial charge < -0.3 is 10.4 Å². The maximum Gasteiger partial charge on any atom is 0.336 e. The second kappa shape index (κ2) is 8.40. The quantitative estimate of drug-likeness (QED) is 0.575. The first-order valence-electron chi connectivity index (χ1n) is 11.0. The second-order valence-electron chi connectivity index (χ2n) is 9.49. The van der Waals surface area contributed by atoms with Crippen LogP contribution in [0.5, 0.6) is 0 Å². The largest absolute Gasteiger partial charge is 0.478 e. The smallest absolute Gasteiger partial charge is 0.336 e. The number of carbonyl (C=O) groups is 2. The number of hydrogen-bond donors (Lipinski definition) is 2. The first kappa shape index (κ1) is 23.2. The number of aromatic carboxylic acids is 1. The second-order valence-corrected chi connectivity index (χ2v) is 9.49. The van der Waals surface area contributed by atoms with E-state index < -0.39 is 11.4 Å². The Morgan fingerprint density at radius 1 is 1.09 bits per heavy atom. The van der Waals surface area contributed by atoms with Crippen molar-refractivity contribution >= 4 is 35.1 Å². The number of benzene rings is 1. The predicted molar refractivity (Wildman–Crippen MR) is 131 cm³/mol. The van der Waals surface area contributed by atoms with Crippen molar-refractivity contribution in [3.63, 3.8) is 0 Å². The Balaban J connectivity index is 1.76. The number of carbonyl (C=O) groups excluding carboxylic acids is 1. The molecule has 0 radical (unpaired) electrons. The first-order chi connectivity index (χ1) is 16.0. The average molecular weight is 461 g/mol. The molecule has 0 unspecified atom stereocenters. The van der Waals surface area contributed by atoms with E-state index in [2.05, 4.69) is 20.3 Å². The standard InChI is InChI=1S/C25H28N6O3/c1-14-7-10-18(22(32)33)19(25(3,4)5)20(14)31-13-16-11-27-23(29-21(16)30(6)24(31)34)28-17-9-8-15(2)26-12-17/h7-12H,13H2,1-6H3,(H,32,33)(H,27,28,29). The molecular formula is C25H28N6O3. The number of aromatic nitrogens is 3. The SMILES string of the molecule is Cc1ccc(Nc2ncc3c(n2)N(C)C(=O)N(c2c(C)ccc(C(=O)O)c2C(C)(C)C)C3)cn1. The van der Waals surface area contributed by atoms with Crippen LogP contribution in [-0.4, -0.2) is 39.1 Å². The predicted octanol–water partition coefficient (Wildman–Crippen LogP) is 4.80. The molecule has 0 spiro atoms. The molecule has 3 heterocycles. The maximum atomic E-state index is 13.5. The lowest BCUT2D eigenvalue weighted by Crippen LogP contribution is -2.47. The van der Waals surface area contributed by atoms with Crippen LogP contribution in [0.15, 0.2) is 36.7 Å². The first-order valence-corrected chi connectivity index (χ1v) is 11.0. The number of aryl methyl sites for hydroxylation is 2. The van der Waals surface area contributed by atoms with Gasteiger partial charge in [0.25, 0.3) is 0 Å². The van der Waals surface area contributed by atoms with Gasteiger partial charge in [-0.15, -0.1) is 0 Å². The Hall–Kier alpha value is -4.01. The molecular weight excluding hydrogens is 432 g/mol. The summed E-state index contributed by atoms with van der Waals surface area (Å²) < 4.78 is 0. The van der Waals surface area contributed by atoms with E-state index in [0.29, 0.717) is 23.0 Å². The fourth-order valence-corrected chi connectivity index (χ4v) is 4.20. The lowest BCUT2D eigenvalue weighted by Gasteiger charge is -2.38. The molecule has 1 aliphatic heterocycles. The van der Waals surface area contributed by atoms with Crippen molar-refractivity contribution < 1.29 is 14.7 Å². The van der Waals surface area contributed by atoms with Crippen LogP contribution in [0, 0.1) is 13.8 Å². The van der Waals surface area contributed by atoms with Crippen molar-refractivity contribution in [1.82, 2.24) is 15.0 Å². The van der Waals surface area contributed by atoms with E-state index in [1.54, 1.807) is 36.5 Å². The van der Waals surface area contributed by atoms with Crippen molar-refractivity contribution in [3.05, 3.63) is 64.6 Å². The highest BCUT2D eigenvalue weighted by Gasteiger charge is 2.36. The molecule has 2 aromatic heterocycles. The van der Waals surface area contributed by atoms with Gasteiger partial charge in [-0.2, -0.15) is 4.98 Å². The van der Waals surface area contributed by atoms with Crippen LogP contribution in [0.2, 0.25) is 0 Å². The zero-order valence-electron chi connectivity index (χ0n) is 20.2. The van der Waals surface area contributed by atoms with E-state index in [-0.39, 0.29) is 18.1 Å². The third kappa shape index (κ3) is 4.16. The number of pyridine rings is 1. The number of rotatable bonds is 4. The molecule has 2 amide bonds. The maximum absolute atomic E-state index is 13.5. The Kier molecular flexibility index (Phi) is 5.72. The van der Waals surface area contributed by atoms with Gasteiger partial charge in [0.2, 0.25) is 5.95 Å². The molecule has 9 nitrogen and oxygen atoms in total. The summed E-state index contributed by atoms with van der Waals surface area (Å²) >= 11 is 0. The summed E-state index contributed by atoms with van der Waals surface area (Å²) in [7, 11) is 1.66. The molecule has 1 aromatic carbocycles. The minimum atomic E-state index is -1.02. The van der Waals surface area contributed by atoms with Crippen LogP contribution in [0.4, 0.5) is 27.9 Å². The van der Waals surface area contributed by atoms with E-state index in [1.165, 1.54) is 4.90 Å². The number of nitrogens with zero attached hydrogens (tertiary/aromatic N) is 5. The lowest BCUT2D eigenvalue weighted by atomic mass is 9.80. The number of hydrogen-bond acceptors (Lipinski definition) is 6. The van der Waals surface area contributed by atoms with Gasteiger partial charge in [0.15, 0.2) is 0 Å². The van der Waals surface area contributed by atoms with Gasteiger partial charge in [0.05, 0.1) is 29.7 Å².